The Bertz CT molecular complexity index is 175. The minimum atomic E-state index is 0.0780. The molecule has 4 heteroatoms. The fourth-order valence-electron chi connectivity index (χ4n) is 1.49. The molecule has 3 nitrogen and oxygen atoms in total. The van der Waals surface area contributed by atoms with Gasteiger partial charge < -0.3 is 10.1 Å². The maximum atomic E-state index is 11.5. The largest absolute Gasteiger partial charge is 0.378 e. The molecular weight excluding hydrogens is 281 g/mol. The highest BCUT2D eigenvalue weighted by Crippen LogP contribution is 2.20. The first kappa shape index (κ1) is 11.2. The molecule has 1 fully saturated rings. The number of halogens is 1. The van der Waals surface area contributed by atoms with Crippen LogP contribution in [0.1, 0.15) is 19.8 Å². The lowest BCUT2D eigenvalue weighted by molar-refractivity contribution is -0.126. The number of ether oxygens (including phenoxy) is 1. The minimum Gasteiger partial charge on any atom is -0.378 e. The van der Waals surface area contributed by atoms with E-state index >= 15 is 0 Å². The summed E-state index contributed by atoms with van der Waals surface area (Å²) in [6.07, 6.45) is 2.02. The van der Waals surface area contributed by atoms with Crippen LogP contribution in [0.2, 0.25) is 0 Å². The number of carbonyl (C=O) groups excluding carboxylic acids is 1. The first-order chi connectivity index (χ1) is 6.25. The molecule has 0 aromatic heterocycles. The van der Waals surface area contributed by atoms with Crippen molar-refractivity contribution in [2.45, 2.75) is 25.9 Å². The first-order valence-corrected chi connectivity index (χ1v) is 6.23. The van der Waals surface area contributed by atoms with Crippen molar-refractivity contribution in [1.29, 1.82) is 0 Å². The second kappa shape index (κ2) is 5.80. The van der Waals surface area contributed by atoms with Gasteiger partial charge in [0.2, 0.25) is 5.91 Å². The Hall–Kier alpha value is 0.160. The standard InChI is InChI=1S/C9H16INO2/c1-7-8(3-6-13-7)9(12)11-5-2-4-10/h7-8H,2-6H2,1H3,(H,11,12). The lowest BCUT2D eigenvalue weighted by atomic mass is 10.0. The molecule has 1 saturated heterocycles. The van der Waals surface area contributed by atoms with Crippen LogP contribution in [-0.4, -0.2) is 29.6 Å². The lowest BCUT2D eigenvalue weighted by Gasteiger charge is -2.13. The Kier molecular flexibility index (Phi) is 5.01. The van der Waals surface area contributed by atoms with Gasteiger partial charge in [-0.1, -0.05) is 22.6 Å². The third-order valence-corrected chi connectivity index (χ3v) is 3.09. The van der Waals surface area contributed by atoms with E-state index in [-0.39, 0.29) is 17.9 Å². The fraction of sp³-hybridized carbons (Fsp3) is 0.889. The molecule has 0 aromatic rings. The van der Waals surface area contributed by atoms with Crippen molar-refractivity contribution < 1.29 is 9.53 Å². The number of alkyl halides is 1. The highest BCUT2D eigenvalue weighted by molar-refractivity contribution is 14.1. The summed E-state index contributed by atoms with van der Waals surface area (Å²) in [5.41, 5.74) is 0. The Labute approximate surface area is 92.7 Å². The van der Waals surface area contributed by atoms with Crippen molar-refractivity contribution in [3.63, 3.8) is 0 Å². The van der Waals surface area contributed by atoms with E-state index in [1.807, 2.05) is 6.92 Å². The van der Waals surface area contributed by atoms with E-state index in [0.29, 0.717) is 0 Å². The second-order valence-corrected chi connectivity index (χ2v) is 4.38. The van der Waals surface area contributed by atoms with Crippen molar-refractivity contribution in [2.24, 2.45) is 5.92 Å². The third kappa shape index (κ3) is 3.42. The molecule has 0 spiro atoms. The second-order valence-electron chi connectivity index (χ2n) is 3.30. The molecule has 1 aliphatic rings. The quantitative estimate of drug-likeness (QED) is 0.483. The molecule has 1 rings (SSSR count). The summed E-state index contributed by atoms with van der Waals surface area (Å²) in [5, 5.41) is 2.93. The van der Waals surface area contributed by atoms with Crippen LogP contribution >= 0.6 is 22.6 Å². The zero-order valence-electron chi connectivity index (χ0n) is 7.88. The van der Waals surface area contributed by atoms with E-state index in [1.54, 1.807) is 0 Å². The number of hydrogen-bond donors (Lipinski definition) is 1. The van der Waals surface area contributed by atoms with Crippen LogP contribution in [0.5, 0.6) is 0 Å². The van der Waals surface area contributed by atoms with Gasteiger partial charge in [-0.25, -0.2) is 0 Å². The van der Waals surface area contributed by atoms with Crippen LogP contribution in [0.25, 0.3) is 0 Å². The molecule has 1 heterocycles. The van der Waals surface area contributed by atoms with Crippen molar-refractivity contribution in [2.75, 3.05) is 17.6 Å². The fourth-order valence-corrected chi connectivity index (χ4v) is 1.87. The van der Waals surface area contributed by atoms with E-state index < -0.39 is 0 Å². The third-order valence-electron chi connectivity index (χ3n) is 2.32. The molecule has 1 aliphatic heterocycles. The zero-order chi connectivity index (χ0) is 9.68. The number of hydrogen-bond acceptors (Lipinski definition) is 2. The van der Waals surface area contributed by atoms with E-state index in [1.165, 1.54) is 0 Å². The molecule has 2 atom stereocenters. The zero-order valence-corrected chi connectivity index (χ0v) is 10.0. The summed E-state index contributed by atoms with van der Waals surface area (Å²) in [5.74, 6) is 0.240. The van der Waals surface area contributed by atoms with Gasteiger partial charge in [0.25, 0.3) is 0 Å². The molecular formula is C9H16INO2. The van der Waals surface area contributed by atoms with Gasteiger partial charge in [-0.15, -0.1) is 0 Å². The summed E-state index contributed by atoms with van der Waals surface area (Å²) in [6.45, 7) is 3.49. The molecule has 0 aromatic carbocycles. The SMILES string of the molecule is CC1OCCC1C(=O)NCCCI. The molecule has 0 aliphatic carbocycles. The minimum absolute atomic E-state index is 0.0780. The summed E-state index contributed by atoms with van der Waals surface area (Å²) in [7, 11) is 0. The average molecular weight is 297 g/mol. The van der Waals surface area contributed by atoms with Gasteiger partial charge in [-0.2, -0.15) is 0 Å². The smallest absolute Gasteiger partial charge is 0.225 e. The van der Waals surface area contributed by atoms with Crippen molar-refractivity contribution in [3.05, 3.63) is 0 Å². The summed E-state index contributed by atoms with van der Waals surface area (Å²) < 4.78 is 6.42. The van der Waals surface area contributed by atoms with Crippen LogP contribution in [0.3, 0.4) is 0 Å². The van der Waals surface area contributed by atoms with E-state index in [4.69, 9.17) is 4.74 Å². The van der Waals surface area contributed by atoms with Crippen molar-refractivity contribution >= 4 is 28.5 Å². The Morgan fingerprint density at radius 1 is 1.69 bits per heavy atom. The highest BCUT2D eigenvalue weighted by Gasteiger charge is 2.30. The van der Waals surface area contributed by atoms with Crippen LogP contribution in [-0.2, 0) is 9.53 Å². The highest BCUT2D eigenvalue weighted by atomic mass is 127. The topological polar surface area (TPSA) is 38.3 Å². The molecule has 2 unspecified atom stereocenters. The summed E-state index contributed by atoms with van der Waals surface area (Å²) in [6, 6.07) is 0. The van der Waals surface area contributed by atoms with Crippen molar-refractivity contribution in [1.82, 2.24) is 5.32 Å². The van der Waals surface area contributed by atoms with E-state index in [0.717, 1.165) is 30.4 Å². The van der Waals surface area contributed by atoms with Crippen LogP contribution in [0.4, 0.5) is 0 Å². The summed E-state index contributed by atoms with van der Waals surface area (Å²) >= 11 is 2.31. The number of carbonyl (C=O) groups is 1. The van der Waals surface area contributed by atoms with Crippen LogP contribution < -0.4 is 5.32 Å². The number of rotatable bonds is 4. The molecule has 1 amide bonds. The molecule has 0 saturated carbocycles. The Morgan fingerprint density at radius 3 is 3.00 bits per heavy atom. The first-order valence-electron chi connectivity index (χ1n) is 4.71. The van der Waals surface area contributed by atoms with Gasteiger partial charge >= 0.3 is 0 Å². The molecule has 0 radical (unpaired) electrons. The van der Waals surface area contributed by atoms with Gasteiger partial charge in [-0.3, -0.25) is 4.79 Å². The predicted molar refractivity (Wildman–Crippen MR) is 60.0 cm³/mol. The molecule has 76 valence electrons. The lowest BCUT2D eigenvalue weighted by Crippen LogP contribution is -2.34. The normalized spacial score (nSPS) is 27.5. The van der Waals surface area contributed by atoms with Crippen molar-refractivity contribution in [3.8, 4) is 0 Å². The van der Waals surface area contributed by atoms with E-state index in [9.17, 15) is 4.79 Å². The Balaban J connectivity index is 2.22. The molecule has 13 heavy (non-hydrogen) atoms. The Morgan fingerprint density at radius 2 is 2.46 bits per heavy atom. The van der Waals surface area contributed by atoms with Gasteiger partial charge in [0.1, 0.15) is 0 Å². The summed E-state index contributed by atoms with van der Waals surface area (Å²) in [4.78, 5) is 11.5. The predicted octanol–water partition coefficient (Wildman–Crippen LogP) is 1.35. The van der Waals surface area contributed by atoms with Gasteiger partial charge in [-0.05, 0) is 19.8 Å². The molecule has 0 bridgehead atoms. The maximum Gasteiger partial charge on any atom is 0.225 e. The van der Waals surface area contributed by atoms with E-state index in [2.05, 4.69) is 27.9 Å². The van der Waals surface area contributed by atoms with Gasteiger partial charge in [0.15, 0.2) is 0 Å². The number of nitrogens with one attached hydrogen (secondary N) is 1. The monoisotopic (exact) mass is 297 g/mol. The number of amides is 1. The molecule has 1 N–H and O–H groups in total. The van der Waals surface area contributed by atoms with Gasteiger partial charge in [0.05, 0.1) is 12.0 Å². The van der Waals surface area contributed by atoms with Crippen LogP contribution in [0, 0.1) is 5.92 Å². The van der Waals surface area contributed by atoms with Gasteiger partial charge in [0, 0.05) is 17.6 Å². The maximum absolute atomic E-state index is 11.5. The average Bonchev–Trinajstić information content (AvgIpc) is 2.52. The van der Waals surface area contributed by atoms with Crippen LogP contribution in [0.15, 0.2) is 0 Å².